The van der Waals surface area contributed by atoms with Crippen molar-refractivity contribution >= 4 is 11.6 Å². The van der Waals surface area contributed by atoms with Gasteiger partial charge in [-0.3, -0.25) is 0 Å². The van der Waals surface area contributed by atoms with Gasteiger partial charge in [0.15, 0.2) is 11.6 Å². The maximum atomic E-state index is 13.4. The van der Waals surface area contributed by atoms with E-state index in [2.05, 4.69) is 0 Å². The molecular formula is C20H31ClFNO. The maximum absolute atomic E-state index is 13.4. The van der Waals surface area contributed by atoms with Crippen LogP contribution >= 0.6 is 11.6 Å². The molecule has 136 valence electrons. The fourth-order valence-corrected chi connectivity index (χ4v) is 1.77. The SMILES string of the molecule is CC.CC.CC.NCc1ccc(COc2c(F)cccc2Cl)cc1. The second-order valence-electron chi connectivity index (χ2n) is 3.86. The van der Waals surface area contributed by atoms with E-state index in [-0.39, 0.29) is 17.4 Å². The van der Waals surface area contributed by atoms with Crippen LogP contribution in [0.4, 0.5) is 4.39 Å². The predicted molar refractivity (Wildman–Crippen MR) is 104 cm³/mol. The Morgan fingerprint density at radius 3 is 1.83 bits per heavy atom. The minimum Gasteiger partial charge on any atom is -0.484 e. The first-order valence-electron chi connectivity index (χ1n) is 8.55. The highest BCUT2D eigenvalue weighted by atomic mass is 35.5. The largest absolute Gasteiger partial charge is 0.484 e. The zero-order chi connectivity index (χ0) is 19.0. The molecule has 0 aliphatic heterocycles. The Morgan fingerprint density at radius 1 is 0.875 bits per heavy atom. The van der Waals surface area contributed by atoms with Gasteiger partial charge in [0.25, 0.3) is 0 Å². The molecule has 2 aromatic rings. The van der Waals surface area contributed by atoms with E-state index in [0.717, 1.165) is 11.1 Å². The van der Waals surface area contributed by atoms with Crippen LogP contribution in [0.25, 0.3) is 0 Å². The summed E-state index contributed by atoms with van der Waals surface area (Å²) in [4.78, 5) is 0. The first-order chi connectivity index (χ1) is 11.7. The van der Waals surface area contributed by atoms with E-state index in [1.165, 1.54) is 6.07 Å². The molecule has 0 bridgehead atoms. The zero-order valence-electron chi connectivity index (χ0n) is 15.7. The lowest BCUT2D eigenvalue weighted by Crippen LogP contribution is -2.00. The summed E-state index contributed by atoms with van der Waals surface area (Å²) < 4.78 is 18.8. The van der Waals surface area contributed by atoms with Gasteiger partial charge in [-0.25, -0.2) is 4.39 Å². The standard InChI is InChI=1S/C14H13ClFNO.3C2H6/c15-12-2-1-3-13(16)14(12)18-9-11-6-4-10(8-17)5-7-11;3*1-2/h1-7H,8-9,17H2;3*1-2H3. The highest BCUT2D eigenvalue weighted by Gasteiger charge is 2.07. The molecule has 2 aromatic carbocycles. The van der Waals surface area contributed by atoms with Crippen LogP contribution in [0.15, 0.2) is 42.5 Å². The number of hydrogen-bond acceptors (Lipinski definition) is 2. The highest BCUT2D eigenvalue weighted by Crippen LogP contribution is 2.27. The number of benzene rings is 2. The third-order valence-electron chi connectivity index (χ3n) is 2.56. The molecule has 0 aromatic heterocycles. The molecule has 24 heavy (non-hydrogen) atoms. The van der Waals surface area contributed by atoms with Crippen molar-refractivity contribution in [3.05, 3.63) is 64.4 Å². The predicted octanol–water partition coefficient (Wildman–Crippen LogP) is 6.60. The monoisotopic (exact) mass is 355 g/mol. The van der Waals surface area contributed by atoms with Gasteiger partial charge in [-0.05, 0) is 23.3 Å². The summed E-state index contributed by atoms with van der Waals surface area (Å²) >= 11 is 5.86. The number of ether oxygens (including phenoxy) is 1. The van der Waals surface area contributed by atoms with Crippen LogP contribution in [0.5, 0.6) is 5.75 Å². The summed E-state index contributed by atoms with van der Waals surface area (Å²) in [7, 11) is 0. The Hall–Kier alpha value is -1.58. The number of nitrogens with two attached hydrogens (primary N) is 1. The average molecular weight is 356 g/mol. The van der Waals surface area contributed by atoms with E-state index in [4.69, 9.17) is 22.1 Å². The third kappa shape index (κ3) is 8.90. The molecule has 0 amide bonds. The van der Waals surface area contributed by atoms with Gasteiger partial charge in [-0.2, -0.15) is 0 Å². The second kappa shape index (κ2) is 16.3. The Balaban J connectivity index is 0. The van der Waals surface area contributed by atoms with E-state index >= 15 is 0 Å². The van der Waals surface area contributed by atoms with Crippen molar-refractivity contribution in [1.29, 1.82) is 0 Å². The molecule has 0 heterocycles. The summed E-state index contributed by atoms with van der Waals surface area (Å²) in [6.45, 7) is 12.8. The quantitative estimate of drug-likeness (QED) is 0.670. The highest BCUT2D eigenvalue weighted by molar-refractivity contribution is 6.32. The Morgan fingerprint density at radius 2 is 1.38 bits per heavy atom. The maximum Gasteiger partial charge on any atom is 0.174 e. The summed E-state index contributed by atoms with van der Waals surface area (Å²) in [6.07, 6.45) is 0. The molecule has 2 rings (SSSR count). The molecule has 0 spiro atoms. The van der Waals surface area contributed by atoms with Crippen LogP contribution < -0.4 is 10.5 Å². The van der Waals surface area contributed by atoms with Crippen LogP contribution in [0.3, 0.4) is 0 Å². The summed E-state index contributed by atoms with van der Waals surface area (Å²) in [5.41, 5.74) is 7.49. The average Bonchev–Trinajstić information content (AvgIpc) is 2.67. The fourth-order valence-electron chi connectivity index (χ4n) is 1.55. The topological polar surface area (TPSA) is 35.2 Å². The molecular weight excluding hydrogens is 325 g/mol. The Kier molecular flexibility index (Phi) is 16.7. The smallest absolute Gasteiger partial charge is 0.174 e. The van der Waals surface area contributed by atoms with Crippen molar-refractivity contribution in [2.45, 2.75) is 54.7 Å². The van der Waals surface area contributed by atoms with Gasteiger partial charge in [0.2, 0.25) is 0 Å². The molecule has 4 heteroatoms. The molecule has 0 aliphatic carbocycles. The lowest BCUT2D eigenvalue weighted by Gasteiger charge is -2.09. The number of rotatable bonds is 4. The van der Waals surface area contributed by atoms with E-state index in [9.17, 15) is 4.39 Å². The molecule has 0 unspecified atom stereocenters. The Bertz CT molecular complexity index is 509. The lowest BCUT2D eigenvalue weighted by atomic mass is 10.1. The lowest BCUT2D eigenvalue weighted by molar-refractivity contribution is 0.290. The molecule has 2 nitrogen and oxygen atoms in total. The molecule has 0 radical (unpaired) electrons. The van der Waals surface area contributed by atoms with Crippen LogP contribution in [0.2, 0.25) is 5.02 Å². The summed E-state index contributed by atoms with van der Waals surface area (Å²) in [6, 6.07) is 12.1. The normalized spacial score (nSPS) is 8.54. The van der Waals surface area contributed by atoms with Gasteiger partial charge in [0, 0.05) is 6.54 Å². The van der Waals surface area contributed by atoms with E-state index in [0.29, 0.717) is 6.54 Å². The van der Waals surface area contributed by atoms with Gasteiger partial charge in [-0.1, -0.05) is 83.5 Å². The van der Waals surface area contributed by atoms with Crippen molar-refractivity contribution < 1.29 is 9.13 Å². The van der Waals surface area contributed by atoms with Crippen molar-refractivity contribution in [3.8, 4) is 5.75 Å². The summed E-state index contributed by atoms with van der Waals surface area (Å²) in [5.74, 6) is -0.372. The number of halogens is 2. The molecule has 2 N–H and O–H groups in total. The van der Waals surface area contributed by atoms with E-state index in [1.54, 1.807) is 12.1 Å². The van der Waals surface area contributed by atoms with E-state index < -0.39 is 5.82 Å². The van der Waals surface area contributed by atoms with Gasteiger partial charge in [0.1, 0.15) is 6.61 Å². The number of para-hydroxylation sites is 1. The molecule has 0 atom stereocenters. The number of hydrogen-bond donors (Lipinski definition) is 1. The second-order valence-corrected chi connectivity index (χ2v) is 4.27. The molecule has 0 fully saturated rings. The third-order valence-corrected chi connectivity index (χ3v) is 2.86. The zero-order valence-corrected chi connectivity index (χ0v) is 16.5. The van der Waals surface area contributed by atoms with Crippen LogP contribution in [-0.4, -0.2) is 0 Å². The van der Waals surface area contributed by atoms with Crippen molar-refractivity contribution in [2.24, 2.45) is 5.73 Å². The molecule has 0 saturated heterocycles. The first kappa shape index (κ1) is 24.7. The van der Waals surface area contributed by atoms with Crippen LogP contribution in [0, 0.1) is 5.82 Å². The van der Waals surface area contributed by atoms with Crippen LogP contribution in [0.1, 0.15) is 52.7 Å². The van der Waals surface area contributed by atoms with Crippen molar-refractivity contribution in [1.82, 2.24) is 0 Å². The Labute approximate surface area is 151 Å². The van der Waals surface area contributed by atoms with Gasteiger partial charge < -0.3 is 10.5 Å². The summed E-state index contributed by atoms with van der Waals surface area (Å²) in [5, 5.41) is 0.272. The van der Waals surface area contributed by atoms with Crippen molar-refractivity contribution in [3.63, 3.8) is 0 Å². The van der Waals surface area contributed by atoms with E-state index in [1.807, 2.05) is 65.8 Å². The van der Waals surface area contributed by atoms with Gasteiger partial charge in [0.05, 0.1) is 5.02 Å². The first-order valence-corrected chi connectivity index (χ1v) is 8.93. The fraction of sp³-hybridized carbons (Fsp3) is 0.400. The molecule has 0 aliphatic rings. The van der Waals surface area contributed by atoms with Gasteiger partial charge >= 0.3 is 0 Å². The minimum absolute atomic E-state index is 0.0852. The minimum atomic E-state index is -0.457. The molecule has 0 saturated carbocycles. The van der Waals surface area contributed by atoms with Gasteiger partial charge in [-0.15, -0.1) is 0 Å². The van der Waals surface area contributed by atoms with Crippen molar-refractivity contribution in [2.75, 3.05) is 0 Å². The van der Waals surface area contributed by atoms with Crippen LogP contribution in [-0.2, 0) is 13.2 Å².